The highest BCUT2D eigenvalue weighted by Crippen LogP contribution is 2.11. The molecule has 0 aliphatic rings. The second-order valence-electron chi connectivity index (χ2n) is 3.49. The Kier molecular flexibility index (Phi) is 3.93. The Bertz CT molecular complexity index is 167. The minimum absolute atomic E-state index is 0.0817. The first-order chi connectivity index (χ1) is 4.88. The number of hydrogen-bond donors (Lipinski definition) is 0. The monoisotopic (exact) mass is 176 g/mol. The highest BCUT2D eigenvalue weighted by molar-refractivity contribution is 7.87. The molecular formula is C8H16O2S. The number of carbonyl (C=O) groups excluding carboxylic acids is 1. The van der Waals surface area contributed by atoms with Crippen LogP contribution in [0.4, 0.5) is 0 Å². The van der Waals surface area contributed by atoms with E-state index in [4.69, 9.17) is 0 Å². The number of Topliss-reactive ketones (excluding diaryl/α,β-unsaturated/α-hetero) is 1. The van der Waals surface area contributed by atoms with Gasteiger partial charge in [-0.15, -0.1) is 0 Å². The zero-order valence-corrected chi connectivity index (χ0v) is 8.46. The molecule has 0 fully saturated rings. The summed E-state index contributed by atoms with van der Waals surface area (Å²) < 4.78 is 11.1. The molecule has 2 nitrogen and oxygen atoms in total. The maximum absolute atomic E-state index is 11.3. The fraction of sp³-hybridized carbons (Fsp3) is 0.875. The lowest BCUT2D eigenvalue weighted by molar-refractivity contribution is -0.116. The molecule has 66 valence electrons. The molecule has 0 amide bonds. The van der Waals surface area contributed by atoms with Crippen LogP contribution in [-0.2, 0) is 15.6 Å². The second kappa shape index (κ2) is 4.00. The number of carbonyl (C=O) groups is 1. The van der Waals surface area contributed by atoms with Crippen molar-refractivity contribution in [3.63, 3.8) is 0 Å². The van der Waals surface area contributed by atoms with Gasteiger partial charge in [-0.25, -0.2) is 0 Å². The van der Waals surface area contributed by atoms with E-state index in [9.17, 15) is 9.00 Å². The smallest absolute Gasteiger partial charge is 0.145 e. The minimum Gasteiger partial charge on any atom is -0.299 e. The number of hydrogen-bond acceptors (Lipinski definition) is 2. The lowest BCUT2D eigenvalue weighted by Gasteiger charge is -2.16. The van der Waals surface area contributed by atoms with Gasteiger partial charge in [0.05, 0.1) is 5.75 Å². The van der Waals surface area contributed by atoms with Crippen molar-refractivity contribution in [2.24, 2.45) is 0 Å². The summed E-state index contributed by atoms with van der Waals surface area (Å²) in [5.41, 5.74) is 0. The fourth-order valence-corrected chi connectivity index (χ4v) is 1.39. The molecule has 0 spiro atoms. The van der Waals surface area contributed by atoms with Crippen molar-refractivity contribution < 1.29 is 9.00 Å². The third-order valence-corrected chi connectivity index (χ3v) is 3.32. The Morgan fingerprint density at radius 2 is 1.82 bits per heavy atom. The van der Waals surface area contributed by atoms with Crippen molar-refractivity contribution in [3.05, 3.63) is 0 Å². The Morgan fingerprint density at radius 1 is 1.36 bits per heavy atom. The van der Waals surface area contributed by atoms with E-state index in [0.29, 0.717) is 6.42 Å². The van der Waals surface area contributed by atoms with Gasteiger partial charge < -0.3 is 0 Å². The Hall–Kier alpha value is -0.180. The Labute approximate surface area is 70.8 Å². The minimum atomic E-state index is -1.02. The molecule has 0 aromatic rings. The molecule has 11 heavy (non-hydrogen) atoms. The molecule has 0 radical (unpaired) electrons. The van der Waals surface area contributed by atoms with Crippen LogP contribution in [0.25, 0.3) is 0 Å². The van der Waals surface area contributed by atoms with E-state index in [1.807, 2.05) is 20.8 Å². The third kappa shape index (κ3) is 4.30. The van der Waals surface area contributed by atoms with Crippen molar-refractivity contribution in [1.82, 2.24) is 0 Å². The first-order valence-electron chi connectivity index (χ1n) is 3.78. The molecule has 0 saturated carbocycles. The summed E-state index contributed by atoms with van der Waals surface area (Å²) in [6.07, 6.45) is 0.488. The number of ketones is 1. The van der Waals surface area contributed by atoms with Gasteiger partial charge in [-0.2, -0.15) is 0 Å². The van der Waals surface area contributed by atoms with E-state index < -0.39 is 10.8 Å². The third-order valence-electron chi connectivity index (χ3n) is 1.37. The van der Waals surface area contributed by atoms with Crippen LogP contribution in [0, 0.1) is 0 Å². The van der Waals surface area contributed by atoms with Crippen LogP contribution < -0.4 is 0 Å². The SMILES string of the molecule is CCC(=O)CS(=O)C(C)(C)C. The van der Waals surface area contributed by atoms with Crippen molar-refractivity contribution >= 4 is 16.6 Å². The number of rotatable bonds is 3. The molecule has 0 aromatic heterocycles. The molecule has 0 aliphatic carbocycles. The van der Waals surface area contributed by atoms with E-state index in [0.717, 1.165) is 0 Å². The van der Waals surface area contributed by atoms with Gasteiger partial charge in [-0.1, -0.05) is 6.92 Å². The van der Waals surface area contributed by atoms with Gasteiger partial charge in [-0.05, 0) is 20.8 Å². The largest absolute Gasteiger partial charge is 0.299 e. The van der Waals surface area contributed by atoms with Crippen molar-refractivity contribution in [2.75, 3.05) is 5.75 Å². The van der Waals surface area contributed by atoms with E-state index in [2.05, 4.69) is 0 Å². The summed E-state index contributed by atoms with van der Waals surface area (Å²) in [5.74, 6) is 0.290. The summed E-state index contributed by atoms with van der Waals surface area (Å²) in [6.45, 7) is 7.44. The van der Waals surface area contributed by atoms with Crippen LogP contribution in [0.2, 0.25) is 0 Å². The van der Waals surface area contributed by atoms with Crippen LogP contribution in [-0.4, -0.2) is 20.5 Å². The quantitative estimate of drug-likeness (QED) is 0.653. The average Bonchev–Trinajstić information content (AvgIpc) is 1.85. The van der Waals surface area contributed by atoms with E-state index in [-0.39, 0.29) is 16.3 Å². The van der Waals surface area contributed by atoms with Gasteiger partial charge in [0.25, 0.3) is 0 Å². The molecule has 3 heteroatoms. The van der Waals surface area contributed by atoms with E-state index in [1.54, 1.807) is 6.92 Å². The van der Waals surface area contributed by atoms with Gasteiger partial charge in [-0.3, -0.25) is 9.00 Å². The molecule has 0 saturated heterocycles. The van der Waals surface area contributed by atoms with Gasteiger partial charge in [0.15, 0.2) is 0 Å². The topological polar surface area (TPSA) is 34.1 Å². The van der Waals surface area contributed by atoms with Crippen LogP contribution in [0.15, 0.2) is 0 Å². The molecule has 0 bridgehead atoms. The average molecular weight is 176 g/mol. The molecule has 0 heterocycles. The van der Waals surface area contributed by atoms with Crippen molar-refractivity contribution in [1.29, 1.82) is 0 Å². The van der Waals surface area contributed by atoms with Gasteiger partial charge in [0, 0.05) is 22.0 Å². The van der Waals surface area contributed by atoms with E-state index >= 15 is 0 Å². The zero-order valence-electron chi connectivity index (χ0n) is 7.64. The van der Waals surface area contributed by atoms with Crippen LogP contribution in [0.1, 0.15) is 34.1 Å². The summed E-state index contributed by atoms with van der Waals surface area (Å²) in [4.78, 5) is 10.9. The molecule has 1 unspecified atom stereocenters. The molecule has 0 aliphatic heterocycles. The van der Waals surface area contributed by atoms with Gasteiger partial charge >= 0.3 is 0 Å². The molecule has 0 rings (SSSR count). The molecular weight excluding hydrogens is 160 g/mol. The maximum atomic E-state index is 11.3. The zero-order chi connectivity index (χ0) is 9.07. The first-order valence-corrected chi connectivity index (χ1v) is 5.10. The predicted octanol–water partition coefficient (Wildman–Crippen LogP) is 1.51. The Morgan fingerprint density at radius 3 is 2.09 bits per heavy atom. The maximum Gasteiger partial charge on any atom is 0.145 e. The van der Waals surface area contributed by atoms with Crippen molar-refractivity contribution in [2.45, 2.75) is 38.9 Å². The van der Waals surface area contributed by atoms with Crippen LogP contribution in [0.3, 0.4) is 0 Å². The molecule has 1 atom stereocenters. The lowest BCUT2D eigenvalue weighted by atomic mass is 10.3. The molecule has 0 aromatic carbocycles. The second-order valence-corrected chi connectivity index (χ2v) is 5.70. The van der Waals surface area contributed by atoms with Crippen LogP contribution in [0.5, 0.6) is 0 Å². The standard InChI is InChI=1S/C8H16O2S/c1-5-7(9)6-11(10)8(2,3)4/h5-6H2,1-4H3. The lowest BCUT2D eigenvalue weighted by Crippen LogP contribution is -2.27. The molecule has 0 N–H and O–H groups in total. The van der Waals surface area contributed by atoms with E-state index in [1.165, 1.54) is 0 Å². The summed E-state index contributed by atoms with van der Waals surface area (Å²) in [6, 6.07) is 0. The highest BCUT2D eigenvalue weighted by Gasteiger charge is 2.20. The van der Waals surface area contributed by atoms with Crippen molar-refractivity contribution in [3.8, 4) is 0 Å². The van der Waals surface area contributed by atoms with Crippen LogP contribution >= 0.6 is 0 Å². The normalized spacial score (nSPS) is 14.5. The first kappa shape index (κ1) is 10.8. The van der Waals surface area contributed by atoms with Gasteiger partial charge in [0.2, 0.25) is 0 Å². The van der Waals surface area contributed by atoms with Gasteiger partial charge in [0.1, 0.15) is 5.78 Å². The summed E-state index contributed by atoms with van der Waals surface area (Å²) in [5, 5.41) is 0. The Balaban J connectivity index is 3.99. The fourth-order valence-electron chi connectivity index (χ4n) is 0.465. The predicted molar refractivity (Wildman–Crippen MR) is 48.1 cm³/mol. The summed E-state index contributed by atoms with van der Waals surface area (Å²) in [7, 11) is -1.02. The highest BCUT2D eigenvalue weighted by atomic mass is 32.2. The summed E-state index contributed by atoms with van der Waals surface area (Å²) >= 11 is 0.